The van der Waals surface area contributed by atoms with Gasteiger partial charge in [0.1, 0.15) is 0 Å². The van der Waals surface area contributed by atoms with Crippen LogP contribution in [0.2, 0.25) is 5.02 Å². The smallest absolute Gasteiger partial charge is 0.278 e. The van der Waals surface area contributed by atoms with Crippen LogP contribution in [0.3, 0.4) is 0 Å². The SMILES string of the molecule is C[C@@H](C(=O)NC1CCCCC1)[NH+]1CCN(C(=O)c2ccccc2Cl)CC1. The standard InChI is InChI=1S/C20H28ClN3O2/c1-15(19(25)22-16-7-3-2-4-8-16)23-11-13-24(14-12-23)20(26)17-9-5-6-10-18(17)21/h5-6,9-10,15-16H,2-4,7-8,11-14H2,1H3,(H,22,25)/p+1/t15-/m0/s1. The van der Waals surface area contributed by atoms with E-state index in [1.54, 1.807) is 12.1 Å². The summed E-state index contributed by atoms with van der Waals surface area (Å²) in [5.74, 6) is 0.131. The van der Waals surface area contributed by atoms with E-state index < -0.39 is 0 Å². The highest BCUT2D eigenvalue weighted by molar-refractivity contribution is 6.33. The summed E-state index contributed by atoms with van der Waals surface area (Å²) in [7, 11) is 0. The molecule has 142 valence electrons. The van der Waals surface area contributed by atoms with E-state index in [4.69, 9.17) is 11.6 Å². The van der Waals surface area contributed by atoms with Crippen molar-refractivity contribution in [1.29, 1.82) is 0 Å². The molecule has 2 amide bonds. The summed E-state index contributed by atoms with van der Waals surface area (Å²) >= 11 is 6.15. The molecule has 5 nitrogen and oxygen atoms in total. The van der Waals surface area contributed by atoms with Crippen LogP contribution in [0.15, 0.2) is 24.3 Å². The van der Waals surface area contributed by atoms with Gasteiger partial charge in [-0.15, -0.1) is 0 Å². The summed E-state index contributed by atoms with van der Waals surface area (Å²) < 4.78 is 0. The minimum absolute atomic E-state index is 0.0195. The molecule has 0 aromatic heterocycles. The van der Waals surface area contributed by atoms with Crippen molar-refractivity contribution in [3.05, 3.63) is 34.9 Å². The van der Waals surface area contributed by atoms with E-state index in [0.717, 1.165) is 25.9 Å². The summed E-state index contributed by atoms with van der Waals surface area (Å²) in [5, 5.41) is 3.72. The molecule has 0 spiro atoms. The summed E-state index contributed by atoms with van der Waals surface area (Å²) in [6.07, 6.45) is 5.93. The Labute approximate surface area is 160 Å². The quantitative estimate of drug-likeness (QED) is 0.834. The van der Waals surface area contributed by atoms with Crippen molar-refractivity contribution in [2.24, 2.45) is 0 Å². The van der Waals surface area contributed by atoms with Crippen molar-refractivity contribution in [2.45, 2.75) is 51.1 Å². The lowest BCUT2D eigenvalue weighted by molar-refractivity contribution is -0.917. The van der Waals surface area contributed by atoms with Gasteiger partial charge in [-0.25, -0.2) is 0 Å². The zero-order valence-electron chi connectivity index (χ0n) is 15.5. The molecule has 3 rings (SSSR count). The molecule has 0 radical (unpaired) electrons. The van der Waals surface area contributed by atoms with E-state index in [0.29, 0.717) is 29.7 Å². The Morgan fingerprint density at radius 3 is 2.46 bits per heavy atom. The van der Waals surface area contributed by atoms with Crippen LogP contribution in [0.25, 0.3) is 0 Å². The molecule has 1 aromatic rings. The number of quaternary nitrogens is 1. The molecule has 2 N–H and O–H groups in total. The third kappa shape index (κ3) is 4.57. The Bertz CT molecular complexity index is 638. The lowest BCUT2D eigenvalue weighted by Gasteiger charge is -2.35. The number of halogens is 1. The first-order chi connectivity index (χ1) is 12.6. The molecular weight excluding hydrogens is 350 g/mol. The Kier molecular flexibility index (Phi) is 6.54. The first-order valence-electron chi connectivity index (χ1n) is 9.75. The minimum atomic E-state index is -0.0745. The van der Waals surface area contributed by atoms with Crippen molar-refractivity contribution >= 4 is 23.4 Å². The van der Waals surface area contributed by atoms with E-state index in [1.165, 1.54) is 24.2 Å². The minimum Gasteiger partial charge on any atom is -0.348 e. The number of amides is 2. The van der Waals surface area contributed by atoms with Gasteiger partial charge in [0.15, 0.2) is 6.04 Å². The molecule has 1 saturated carbocycles. The van der Waals surface area contributed by atoms with Crippen LogP contribution in [-0.2, 0) is 4.79 Å². The number of benzene rings is 1. The fraction of sp³-hybridized carbons (Fsp3) is 0.600. The monoisotopic (exact) mass is 378 g/mol. The van der Waals surface area contributed by atoms with Crippen molar-refractivity contribution in [1.82, 2.24) is 10.2 Å². The highest BCUT2D eigenvalue weighted by Crippen LogP contribution is 2.18. The van der Waals surface area contributed by atoms with Gasteiger partial charge in [0, 0.05) is 6.04 Å². The van der Waals surface area contributed by atoms with Crippen LogP contribution in [0.5, 0.6) is 0 Å². The number of carbonyl (C=O) groups is 2. The van der Waals surface area contributed by atoms with E-state index in [9.17, 15) is 9.59 Å². The maximum atomic E-state index is 12.6. The van der Waals surface area contributed by atoms with Crippen LogP contribution in [-0.4, -0.2) is 55.0 Å². The lowest BCUT2D eigenvalue weighted by atomic mass is 9.95. The van der Waals surface area contributed by atoms with E-state index in [1.807, 2.05) is 24.0 Å². The maximum absolute atomic E-state index is 12.6. The molecule has 1 saturated heterocycles. The Hall–Kier alpha value is -1.59. The predicted molar refractivity (Wildman–Crippen MR) is 103 cm³/mol. The number of piperazine rings is 1. The highest BCUT2D eigenvalue weighted by atomic mass is 35.5. The van der Waals surface area contributed by atoms with Crippen LogP contribution < -0.4 is 10.2 Å². The Balaban J connectivity index is 1.50. The van der Waals surface area contributed by atoms with Gasteiger partial charge in [-0.1, -0.05) is 43.0 Å². The van der Waals surface area contributed by atoms with Gasteiger partial charge in [-0.2, -0.15) is 0 Å². The first-order valence-corrected chi connectivity index (χ1v) is 10.1. The second-order valence-corrected chi connectivity index (χ2v) is 7.90. The molecule has 26 heavy (non-hydrogen) atoms. The van der Waals surface area contributed by atoms with Gasteiger partial charge in [0.25, 0.3) is 11.8 Å². The molecule has 0 unspecified atom stereocenters. The van der Waals surface area contributed by atoms with Crippen LogP contribution in [0.4, 0.5) is 0 Å². The summed E-state index contributed by atoms with van der Waals surface area (Å²) in [5.41, 5.74) is 0.556. The zero-order chi connectivity index (χ0) is 18.5. The molecule has 0 bridgehead atoms. The number of carbonyl (C=O) groups excluding carboxylic acids is 2. The van der Waals surface area contributed by atoms with Crippen LogP contribution in [0, 0.1) is 0 Å². The van der Waals surface area contributed by atoms with Gasteiger partial charge in [-0.05, 0) is 31.9 Å². The molecule has 1 aromatic carbocycles. The molecule has 2 fully saturated rings. The summed E-state index contributed by atoms with van der Waals surface area (Å²) in [6, 6.07) is 7.44. The van der Waals surface area contributed by atoms with Gasteiger partial charge < -0.3 is 15.1 Å². The van der Waals surface area contributed by atoms with E-state index in [-0.39, 0.29) is 17.9 Å². The normalized spacial score (nSPS) is 20.6. The Morgan fingerprint density at radius 2 is 1.81 bits per heavy atom. The highest BCUT2D eigenvalue weighted by Gasteiger charge is 2.32. The van der Waals surface area contributed by atoms with Crippen LogP contribution in [0.1, 0.15) is 49.4 Å². The van der Waals surface area contributed by atoms with E-state index >= 15 is 0 Å². The molecule has 1 heterocycles. The fourth-order valence-corrected chi connectivity index (χ4v) is 4.21. The Morgan fingerprint density at radius 1 is 1.15 bits per heavy atom. The van der Waals surface area contributed by atoms with Crippen LogP contribution >= 0.6 is 11.6 Å². The number of rotatable bonds is 4. The molecular formula is C20H29ClN3O2+. The lowest BCUT2D eigenvalue weighted by Crippen LogP contribution is -3.19. The van der Waals surface area contributed by atoms with Crippen molar-refractivity contribution in [2.75, 3.05) is 26.2 Å². The number of nitrogens with zero attached hydrogens (tertiary/aromatic N) is 1. The number of hydrogen-bond donors (Lipinski definition) is 2. The molecule has 1 aliphatic carbocycles. The third-order valence-corrected chi connectivity index (χ3v) is 6.08. The molecule has 2 aliphatic rings. The number of hydrogen-bond acceptors (Lipinski definition) is 2. The summed E-state index contributed by atoms with van der Waals surface area (Å²) in [4.78, 5) is 28.3. The van der Waals surface area contributed by atoms with Gasteiger partial charge >= 0.3 is 0 Å². The molecule has 1 aliphatic heterocycles. The third-order valence-electron chi connectivity index (χ3n) is 5.75. The maximum Gasteiger partial charge on any atom is 0.278 e. The predicted octanol–water partition coefficient (Wildman–Crippen LogP) is 1.52. The molecule has 6 heteroatoms. The second kappa shape index (κ2) is 8.87. The van der Waals surface area contributed by atoms with Gasteiger partial charge in [0.2, 0.25) is 0 Å². The topological polar surface area (TPSA) is 53.9 Å². The fourth-order valence-electron chi connectivity index (χ4n) is 3.99. The average Bonchev–Trinajstić information content (AvgIpc) is 2.68. The second-order valence-electron chi connectivity index (χ2n) is 7.50. The summed E-state index contributed by atoms with van der Waals surface area (Å²) in [6.45, 7) is 4.88. The largest absolute Gasteiger partial charge is 0.348 e. The van der Waals surface area contributed by atoms with Crippen molar-refractivity contribution in [3.63, 3.8) is 0 Å². The number of nitrogens with one attached hydrogen (secondary N) is 2. The van der Waals surface area contributed by atoms with E-state index in [2.05, 4.69) is 5.32 Å². The van der Waals surface area contributed by atoms with Gasteiger partial charge in [0.05, 0.1) is 36.8 Å². The first kappa shape index (κ1) is 19.2. The van der Waals surface area contributed by atoms with Crippen molar-refractivity contribution < 1.29 is 14.5 Å². The molecule has 1 atom stereocenters. The average molecular weight is 379 g/mol. The van der Waals surface area contributed by atoms with Crippen molar-refractivity contribution in [3.8, 4) is 0 Å². The van der Waals surface area contributed by atoms with Gasteiger partial charge in [-0.3, -0.25) is 9.59 Å². The zero-order valence-corrected chi connectivity index (χ0v) is 16.2.